The molecule has 2 aliphatic heterocycles. The molecule has 0 aliphatic carbocycles. The Morgan fingerprint density at radius 1 is 1.33 bits per heavy atom. The molecule has 1 amide bonds. The van der Waals surface area contributed by atoms with Crippen molar-refractivity contribution in [3.05, 3.63) is 0 Å². The topological polar surface area (TPSA) is 41.6 Å². The minimum atomic E-state index is -0.422. The zero-order chi connectivity index (χ0) is 15.7. The van der Waals surface area contributed by atoms with Gasteiger partial charge in [0.1, 0.15) is 5.60 Å². The molecule has 21 heavy (non-hydrogen) atoms. The van der Waals surface area contributed by atoms with Crippen molar-refractivity contribution in [3.8, 4) is 0 Å². The fraction of sp³-hybridized carbons (Fsp3) is 0.941. The highest BCUT2D eigenvalue weighted by molar-refractivity contribution is 5.68. The van der Waals surface area contributed by atoms with Crippen molar-refractivity contribution in [1.82, 2.24) is 10.2 Å². The molecule has 2 aliphatic rings. The molecule has 2 saturated heterocycles. The number of nitrogens with one attached hydrogen (secondary N) is 1. The Balaban J connectivity index is 2.03. The molecule has 4 heteroatoms. The van der Waals surface area contributed by atoms with Crippen LogP contribution in [-0.2, 0) is 4.74 Å². The minimum Gasteiger partial charge on any atom is -0.444 e. The average Bonchev–Trinajstić information content (AvgIpc) is 2.81. The van der Waals surface area contributed by atoms with Crippen molar-refractivity contribution in [3.63, 3.8) is 0 Å². The van der Waals surface area contributed by atoms with E-state index in [0.717, 1.165) is 25.9 Å². The van der Waals surface area contributed by atoms with Crippen molar-refractivity contribution in [1.29, 1.82) is 0 Å². The van der Waals surface area contributed by atoms with E-state index in [1.54, 1.807) is 0 Å². The Hall–Kier alpha value is -0.770. The smallest absolute Gasteiger partial charge is 0.410 e. The molecule has 0 spiro atoms. The van der Waals surface area contributed by atoms with Crippen molar-refractivity contribution in [2.45, 2.75) is 84.4 Å². The van der Waals surface area contributed by atoms with E-state index in [1.807, 2.05) is 25.7 Å². The maximum Gasteiger partial charge on any atom is 0.410 e. The number of likely N-dealkylation sites (tertiary alicyclic amines) is 1. The van der Waals surface area contributed by atoms with Crippen molar-refractivity contribution in [2.24, 2.45) is 5.41 Å². The summed E-state index contributed by atoms with van der Waals surface area (Å²) in [6, 6.07) is 0.893. The van der Waals surface area contributed by atoms with E-state index in [0.29, 0.717) is 12.1 Å². The first kappa shape index (κ1) is 16.6. The highest BCUT2D eigenvalue weighted by atomic mass is 16.6. The maximum atomic E-state index is 12.6. The van der Waals surface area contributed by atoms with Gasteiger partial charge in [0.15, 0.2) is 0 Å². The molecule has 2 atom stereocenters. The van der Waals surface area contributed by atoms with Gasteiger partial charge in [-0.2, -0.15) is 0 Å². The standard InChI is InChI=1S/C17H32N2O2/c1-16(2,3)21-15(20)19-12-17(4,5)9-8-14(19)11-13-7-6-10-18-13/h13-14,18H,6-12H2,1-5H3. The first-order valence-electron chi connectivity index (χ1n) is 8.39. The third-order valence-corrected chi connectivity index (χ3v) is 4.54. The number of hydrogen-bond donors (Lipinski definition) is 1. The molecule has 0 radical (unpaired) electrons. The number of piperidine rings is 1. The van der Waals surface area contributed by atoms with E-state index >= 15 is 0 Å². The molecule has 0 saturated carbocycles. The van der Waals surface area contributed by atoms with Crippen LogP contribution in [0.4, 0.5) is 4.79 Å². The number of carbonyl (C=O) groups excluding carboxylic acids is 1. The number of carbonyl (C=O) groups is 1. The van der Waals surface area contributed by atoms with Gasteiger partial charge in [-0.25, -0.2) is 4.79 Å². The Morgan fingerprint density at radius 2 is 2.05 bits per heavy atom. The molecular weight excluding hydrogens is 264 g/mol. The molecule has 122 valence electrons. The quantitative estimate of drug-likeness (QED) is 0.847. The maximum absolute atomic E-state index is 12.6. The molecule has 2 fully saturated rings. The van der Waals surface area contributed by atoms with Gasteiger partial charge in [-0.15, -0.1) is 0 Å². The summed E-state index contributed by atoms with van der Waals surface area (Å²) in [4.78, 5) is 14.6. The lowest BCUT2D eigenvalue weighted by Crippen LogP contribution is -2.52. The summed E-state index contributed by atoms with van der Waals surface area (Å²) >= 11 is 0. The van der Waals surface area contributed by atoms with E-state index in [4.69, 9.17) is 4.74 Å². The van der Waals surface area contributed by atoms with Gasteiger partial charge in [0.2, 0.25) is 0 Å². The second-order valence-electron chi connectivity index (χ2n) is 8.49. The molecule has 0 aromatic rings. The zero-order valence-electron chi connectivity index (χ0n) is 14.4. The monoisotopic (exact) mass is 296 g/mol. The van der Waals surface area contributed by atoms with Crippen molar-refractivity contribution >= 4 is 6.09 Å². The van der Waals surface area contributed by atoms with Gasteiger partial charge in [0, 0.05) is 18.6 Å². The third-order valence-electron chi connectivity index (χ3n) is 4.54. The second kappa shape index (κ2) is 6.15. The summed E-state index contributed by atoms with van der Waals surface area (Å²) in [5.41, 5.74) is -0.231. The first-order valence-corrected chi connectivity index (χ1v) is 8.39. The number of rotatable bonds is 2. The molecule has 0 aromatic heterocycles. The van der Waals surface area contributed by atoms with E-state index < -0.39 is 5.60 Å². The predicted octanol–water partition coefficient (Wildman–Crippen LogP) is 3.55. The molecule has 2 unspecified atom stereocenters. The largest absolute Gasteiger partial charge is 0.444 e. The van der Waals surface area contributed by atoms with Gasteiger partial charge in [0.25, 0.3) is 0 Å². The molecule has 2 heterocycles. The van der Waals surface area contributed by atoms with Crippen LogP contribution in [0.25, 0.3) is 0 Å². The zero-order valence-corrected chi connectivity index (χ0v) is 14.4. The summed E-state index contributed by atoms with van der Waals surface area (Å²) in [5.74, 6) is 0. The van der Waals surface area contributed by atoms with E-state index in [2.05, 4.69) is 19.2 Å². The van der Waals surface area contributed by atoms with E-state index in [1.165, 1.54) is 19.3 Å². The van der Waals surface area contributed by atoms with Crippen LogP contribution in [0.15, 0.2) is 0 Å². The molecule has 0 aromatic carbocycles. The predicted molar refractivity (Wildman–Crippen MR) is 85.4 cm³/mol. The van der Waals surface area contributed by atoms with Crippen LogP contribution < -0.4 is 5.32 Å². The summed E-state index contributed by atoms with van der Waals surface area (Å²) in [5, 5.41) is 3.55. The normalized spacial score (nSPS) is 29.5. The Kier molecular flexibility index (Phi) is 4.86. The van der Waals surface area contributed by atoms with Crippen LogP contribution in [0.5, 0.6) is 0 Å². The fourth-order valence-corrected chi connectivity index (χ4v) is 3.45. The second-order valence-corrected chi connectivity index (χ2v) is 8.49. The van der Waals surface area contributed by atoms with Crippen LogP contribution in [0.3, 0.4) is 0 Å². The van der Waals surface area contributed by atoms with Gasteiger partial charge >= 0.3 is 6.09 Å². The van der Waals surface area contributed by atoms with Gasteiger partial charge in [-0.3, -0.25) is 0 Å². The summed E-state index contributed by atoms with van der Waals surface area (Å²) < 4.78 is 5.63. The fourth-order valence-electron chi connectivity index (χ4n) is 3.45. The van der Waals surface area contributed by atoms with Crippen LogP contribution in [0, 0.1) is 5.41 Å². The Morgan fingerprint density at radius 3 is 2.62 bits per heavy atom. The number of amides is 1. The lowest BCUT2D eigenvalue weighted by Gasteiger charge is -2.44. The number of nitrogens with zero attached hydrogens (tertiary/aromatic N) is 1. The van der Waals surface area contributed by atoms with E-state index in [-0.39, 0.29) is 11.5 Å². The van der Waals surface area contributed by atoms with Crippen LogP contribution >= 0.6 is 0 Å². The molecule has 4 nitrogen and oxygen atoms in total. The SMILES string of the molecule is CC1(C)CCC(CC2CCCN2)N(C(=O)OC(C)(C)C)C1. The molecule has 1 N–H and O–H groups in total. The summed E-state index contributed by atoms with van der Waals surface area (Å²) in [6.07, 6.45) is 5.69. The van der Waals surface area contributed by atoms with Gasteiger partial charge < -0.3 is 15.0 Å². The number of ether oxygens (including phenoxy) is 1. The van der Waals surface area contributed by atoms with Crippen molar-refractivity contribution < 1.29 is 9.53 Å². The van der Waals surface area contributed by atoms with Gasteiger partial charge in [-0.05, 0) is 64.8 Å². The highest BCUT2D eigenvalue weighted by Gasteiger charge is 2.38. The molecule has 0 bridgehead atoms. The third kappa shape index (κ3) is 4.87. The van der Waals surface area contributed by atoms with E-state index in [9.17, 15) is 4.79 Å². The first-order chi connectivity index (χ1) is 9.66. The van der Waals surface area contributed by atoms with Gasteiger partial charge in [-0.1, -0.05) is 13.8 Å². The summed E-state index contributed by atoms with van der Waals surface area (Å²) in [6.45, 7) is 12.2. The number of hydrogen-bond acceptors (Lipinski definition) is 3. The van der Waals surface area contributed by atoms with Crippen molar-refractivity contribution in [2.75, 3.05) is 13.1 Å². The van der Waals surface area contributed by atoms with Gasteiger partial charge in [0.05, 0.1) is 0 Å². The van der Waals surface area contributed by atoms with Crippen LogP contribution in [-0.4, -0.2) is 41.8 Å². The van der Waals surface area contributed by atoms with Crippen LogP contribution in [0.2, 0.25) is 0 Å². The molecular formula is C17H32N2O2. The molecule has 2 rings (SSSR count). The summed E-state index contributed by atoms with van der Waals surface area (Å²) in [7, 11) is 0. The minimum absolute atomic E-state index is 0.140. The highest BCUT2D eigenvalue weighted by Crippen LogP contribution is 2.35. The lowest BCUT2D eigenvalue weighted by atomic mass is 9.80. The average molecular weight is 296 g/mol. The Labute approximate surface area is 129 Å². The lowest BCUT2D eigenvalue weighted by molar-refractivity contribution is -0.00993. The Bertz CT molecular complexity index is 367. The van der Waals surface area contributed by atoms with Crippen LogP contribution in [0.1, 0.15) is 66.7 Å².